The summed E-state index contributed by atoms with van der Waals surface area (Å²) in [4.78, 5) is 6.58. The molecule has 0 saturated heterocycles. The van der Waals surface area contributed by atoms with Crippen molar-refractivity contribution >= 4 is 11.3 Å². The molecule has 2 aliphatic rings. The fraction of sp³-hybridized carbons (Fsp3) is 0.812. The zero-order valence-electron chi connectivity index (χ0n) is 12.7. The zero-order chi connectivity index (χ0) is 14.0. The van der Waals surface area contributed by atoms with E-state index in [1.807, 2.05) is 18.4 Å². The summed E-state index contributed by atoms with van der Waals surface area (Å²) in [5.41, 5.74) is 1.51. The molecule has 0 atom stereocenters. The first-order valence-electron chi connectivity index (χ1n) is 8.04. The zero-order valence-corrected chi connectivity index (χ0v) is 13.5. The van der Waals surface area contributed by atoms with Crippen LogP contribution in [0.2, 0.25) is 0 Å². The lowest BCUT2D eigenvalue weighted by Gasteiger charge is -2.39. The molecule has 0 bridgehead atoms. The first kappa shape index (κ1) is 14.5. The predicted octanol–water partition coefficient (Wildman–Crippen LogP) is 3.42. The Hall–Kier alpha value is -0.450. The molecule has 0 radical (unpaired) electrons. The molecule has 0 amide bonds. The van der Waals surface area contributed by atoms with Crippen LogP contribution in [0, 0.1) is 0 Å². The van der Waals surface area contributed by atoms with Gasteiger partial charge in [0.2, 0.25) is 0 Å². The molecule has 0 spiro atoms. The van der Waals surface area contributed by atoms with Crippen LogP contribution < -0.4 is 5.32 Å². The molecule has 1 aromatic rings. The molecule has 0 aromatic carbocycles. The Morgan fingerprint density at radius 2 is 2.05 bits per heavy atom. The Labute approximate surface area is 126 Å². The van der Waals surface area contributed by atoms with E-state index in [4.69, 9.17) is 9.72 Å². The third kappa shape index (κ3) is 2.66. The Balaban J connectivity index is 1.84. The van der Waals surface area contributed by atoms with Crippen molar-refractivity contribution in [2.45, 2.75) is 69.9 Å². The Morgan fingerprint density at radius 3 is 2.70 bits per heavy atom. The lowest BCUT2D eigenvalue weighted by molar-refractivity contribution is 0.0407. The molecule has 2 aliphatic carbocycles. The van der Waals surface area contributed by atoms with Gasteiger partial charge < -0.3 is 10.1 Å². The highest BCUT2D eigenvalue weighted by Gasteiger charge is 2.39. The summed E-state index contributed by atoms with van der Waals surface area (Å²) in [6.45, 7) is 3.22. The largest absolute Gasteiger partial charge is 0.381 e. The van der Waals surface area contributed by atoms with Crippen LogP contribution in [-0.2, 0) is 23.1 Å². The van der Waals surface area contributed by atoms with Gasteiger partial charge in [0.15, 0.2) is 0 Å². The van der Waals surface area contributed by atoms with Crippen LogP contribution in [0.5, 0.6) is 0 Å². The van der Waals surface area contributed by atoms with Crippen molar-refractivity contribution in [2.75, 3.05) is 13.7 Å². The molecule has 0 aliphatic heterocycles. The van der Waals surface area contributed by atoms with Crippen molar-refractivity contribution in [3.05, 3.63) is 15.6 Å². The lowest BCUT2D eigenvalue weighted by Crippen LogP contribution is -2.46. The molecule has 20 heavy (non-hydrogen) atoms. The van der Waals surface area contributed by atoms with Crippen molar-refractivity contribution in [3.63, 3.8) is 0 Å². The van der Waals surface area contributed by atoms with E-state index in [-0.39, 0.29) is 5.54 Å². The summed E-state index contributed by atoms with van der Waals surface area (Å²) in [5, 5.41) is 5.11. The quantitative estimate of drug-likeness (QED) is 0.924. The molecule has 112 valence electrons. The second kappa shape index (κ2) is 6.12. The Morgan fingerprint density at radius 1 is 1.30 bits per heavy atom. The van der Waals surface area contributed by atoms with E-state index in [1.165, 1.54) is 36.4 Å². The van der Waals surface area contributed by atoms with Gasteiger partial charge in [-0.1, -0.05) is 6.92 Å². The van der Waals surface area contributed by atoms with Crippen molar-refractivity contribution in [1.82, 2.24) is 10.3 Å². The maximum Gasteiger partial charge on any atom is 0.113 e. The van der Waals surface area contributed by atoms with Gasteiger partial charge in [-0.05, 0) is 57.9 Å². The minimum atomic E-state index is 0.117. The summed E-state index contributed by atoms with van der Waals surface area (Å²) in [5.74, 6) is 0. The fourth-order valence-corrected chi connectivity index (χ4v) is 5.05. The van der Waals surface area contributed by atoms with Crippen LogP contribution in [0.15, 0.2) is 0 Å². The highest BCUT2D eigenvalue weighted by atomic mass is 32.1. The van der Waals surface area contributed by atoms with E-state index >= 15 is 0 Å². The topological polar surface area (TPSA) is 34.2 Å². The van der Waals surface area contributed by atoms with Gasteiger partial charge in [0.1, 0.15) is 5.01 Å². The van der Waals surface area contributed by atoms with E-state index in [2.05, 4.69) is 12.2 Å². The van der Waals surface area contributed by atoms with Crippen molar-refractivity contribution in [2.24, 2.45) is 0 Å². The molecule has 3 rings (SSSR count). The second-order valence-corrected chi connectivity index (χ2v) is 7.23. The maximum absolute atomic E-state index is 5.53. The molecule has 1 aromatic heterocycles. The minimum Gasteiger partial charge on any atom is -0.381 e. The molecule has 1 saturated carbocycles. The lowest BCUT2D eigenvalue weighted by atomic mass is 9.80. The van der Waals surface area contributed by atoms with Crippen molar-refractivity contribution in [1.29, 1.82) is 0 Å². The van der Waals surface area contributed by atoms with Crippen LogP contribution >= 0.6 is 11.3 Å². The Kier molecular flexibility index (Phi) is 4.43. The van der Waals surface area contributed by atoms with E-state index in [1.54, 1.807) is 4.88 Å². The molecule has 1 N–H and O–H groups in total. The Bertz CT molecular complexity index is 426. The van der Waals surface area contributed by atoms with Gasteiger partial charge in [0.05, 0.1) is 17.3 Å². The third-order valence-corrected chi connectivity index (χ3v) is 6.25. The van der Waals surface area contributed by atoms with Gasteiger partial charge in [-0.2, -0.15) is 0 Å². The van der Waals surface area contributed by atoms with Gasteiger partial charge in [-0.15, -0.1) is 11.3 Å². The predicted molar refractivity (Wildman–Crippen MR) is 83.4 cm³/mol. The minimum absolute atomic E-state index is 0.117. The maximum atomic E-state index is 5.53. The number of hydrogen-bond donors (Lipinski definition) is 1. The monoisotopic (exact) mass is 294 g/mol. The highest BCUT2D eigenvalue weighted by Crippen LogP contribution is 2.41. The van der Waals surface area contributed by atoms with E-state index in [0.717, 1.165) is 32.2 Å². The first-order valence-corrected chi connectivity index (χ1v) is 8.86. The van der Waals surface area contributed by atoms with Gasteiger partial charge >= 0.3 is 0 Å². The van der Waals surface area contributed by atoms with Crippen LogP contribution in [0.25, 0.3) is 0 Å². The SMILES string of the molecule is CCNC1(c2nc3c(s2)CCCC3)CCC(OC)CC1. The molecule has 3 nitrogen and oxygen atoms in total. The number of ether oxygens (including phenoxy) is 1. The number of thiazole rings is 1. The smallest absolute Gasteiger partial charge is 0.113 e. The molecule has 1 fully saturated rings. The molecule has 1 heterocycles. The third-order valence-electron chi connectivity index (χ3n) is 4.89. The number of nitrogens with zero attached hydrogens (tertiary/aromatic N) is 1. The fourth-order valence-electron chi connectivity index (χ4n) is 3.68. The average Bonchev–Trinajstić information content (AvgIpc) is 2.93. The molecule has 0 unspecified atom stereocenters. The van der Waals surface area contributed by atoms with Crippen LogP contribution in [0.4, 0.5) is 0 Å². The van der Waals surface area contributed by atoms with Crippen LogP contribution in [0.3, 0.4) is 0 Å². The van der Waals surface area contributed by atoms with Crippen molar-refractivity contribution < 1.29 is 4.74 Å². The van der Waals surface area contributed by atoms with Gasteiger partial charge in [-0.25, -0.2) is 4.98 Å². The molecular formula is C16H26N2OS. The first-order chi connectivity index (χ1) is 9.77. The summed E-state index contributed by atoms with van der Waals surface area (Å²) in [6, 6.07) is 0. The van der Waals surface area contributed by atoms with Crippen molar-refractivity contribution in [3.8, 4) is 0 Å². The standard InChI is InChI=1S/C16H26N2OS/c1-3-17-16(10-8-12(19-2)9-11-16)15-18-13-6-4-5-7-14(13)20-15/h12,17H,3-11H2,1-2H3. The summed E-state index contributed by atoms with van der Waals surface area (Å²) >= 11 is 1.98. The van der Waals surface area contributed by atoms with Crippen LogP contribution in [0.1, 0.15) is 61.0 Å². The van der Waals surface area contributed by atoms with E-state index < -0.39 is 0 Å². The average molecular weight is 294 g/mol. The second-order valence-electron chi connectivity index (χ2n) is 6.14. The molecule has 4 heteroatoms. The highest BCUT2D eigenvalue weighted by molar-refractivity contribution is 7.11. The number of methoxy groups -OCH3 is 1. The number of aromatic nitrogens is 1. The summed E-state index contributed by atoms with van der Waals surface area (Å²) < 4.78 is 5.53. The number of nitrogens with one attached hydrogen (secondary N) is 1. The van der Waals surface area contributed by atoms with Crippen LogP contribution in [-0.4, -0.2) is 24.7 Å². The normalized spacial score (nSPS) is 30.2. The van der Waals surface area contributed by atoms with Gasteiger partial charge in [0.25, 0.3) is 0 Å². The van der Waals surface area contributed by atoms with Gasteiger partial charge in [-0.3, -0.25) is 0 Å². The number of fused-ring (bicyclic) bond motifs is 1. The van der Waals surface area contributed by atoms with Gasteiger partial charge in [0, 0.05) is 12.0 Å². The number of hydrogen-bond acceptors (Lipinski definition) is 4. The number of rotatable bonds is 4. The van der Waals surface area contributed by atoms with E-state index in [9.17, 15) is 0 Å². The number of aryl methyl sites for hydroxylation is 2. The summed E-state index contributed by atoms with van der Waals surface area (Å²) in [7, 11) is 1.84. The molecular weight excluding hydrogens is 268 g/mol. The summed E-state index contributed by atoms with van der Waals surface area (Å²) in [6.07, 6.45) is 10.1. The van der Waals surface area contributed by atoms with E-state index in [0.29, 0.717) is 6.10 Å².